The van der Waals surface area contributed by atoms with E-state index in [4.69, 9.17) is 0 Å². The molecule has 0 radical (unpaired) electrons. The fourth-order valence-corrected chi connectivity index (χ4v) is 3.57. The highest BCUT2D eigenvalue weighted by atomic mass is 127. The fraction of sp³-hybridized carbons (Fsp3) is 0.562. The molecule has 1 fully saturated rings. The molecule has 25 heavy (non-hydrogen) atoms. The predicted molar refractivity (Wildman–Crippen MR) is 109 cm³/mol. The van der Waals surface area contributed by atoms with Gasteiger partial charge in [0.25, 0.3) is 0 Å². The van der Waals surface area contributed by atoms with E-state index in [1.165, 1.54) is 22.7 Å². The fourth-order valence-electron chi connectivity index (χ4n) is 2.69. The quantitative estimate of drug-likeness (QED) is 0.380. The van der Waals surface area contributed by atoms with Crippen molar-refractivity contribution < 1.29 is 12.8 Å². The van der Waals surface area contributed by atoms with Crippen molar-refractivity contribution in [1.82, 2.24) is 14.9 Å². The van der Waals surface area contributed by atoms with Gasteiger partial charge >= 0.3 is 0 Å². The standard InChI is InChI=1S/C16H25FN4O2S.HI/c1-18-16(19-11-13-3-5-15(17)6-4-13)20-12-14-7-9-21(10-8-14)24(2,22)23;/h3-6,14H,7-12H2,1-2H3,(H2,18,19,20);1H. The van der Waals surface area contributed by atoms with Crippen LogP contribution in [0.5, 0.6) is 0 Å². The van der Waals surface area contributed by atoms with E-state index in [1.807, 2.05) is 0 Å². The van der Waals surface area contributed by atoms with Gasteiger partial charge in [-0.05, 0) is 36.5 Å². The summed E-state index contributed by atoms with van der Waals surface area (Å²) in [6.07, 6.45) is 2.94. The Hall–Kier alpha value is -0.940. The first kappa shape index (κ1) is 22.1. The van der Waals surface area contributed by atoms with Gasteiger partial charge in [-0.3, -0.25) is 4.99 Å². The second-order valence-electron chi connectivity index (χ2n) is 6.04. The molecule has 1 aromatic carbocycles. The van der Waals surface area contributed by atoms with Crippen molar-refractivity contribution in [2.75, 3.05) is 32.9 Å². The van der Waals surface area contributed by atoms with Crippen LogP contribution in [0.1, 0.15) is 18.4 Å². The first-order chi connectivity index (χ1) is 11.4. The molecule has 1 aliphatic heterocycles. The summed E-state index contributed by atoms with van der Waals surface area (Å²) in [4.78, 5) is 4.17. The van der Waals surface area contributed by atoms with Crippen LogP contribution < -0.4 is 10.6 Å². The van der Waals surface area contributed by atoms with Gasteiger partial charge in [-0.25, -0.2) is 17.1 Å². The van der Waals surface area contributed by atoms with Gasteiger partial charge in [-0.2, -0.15) is 0 Å². The van der Waals surface area contributed by atoms with Crippen molar-refractivity contribution in [3.63, 3.8) is 0 Å². The summed E-state index contributed by atoms with van der Waals surface area (Å²) in [6, 6.07) is 6.33. The second kappa shape index (κ2) is 10.3. The van der Waals surface area contributed by atoms with Crippen molar-refractivity contribution in [3.05, 3.63) is 35.6 Å². The van der Waals surface area contributed by atoms with E-state index in [2.05, 4.69) is 15.6 Å². The molecule has 0 saturated carbocycles. The SMILES string of the molecule is CN=C(NCc1ccc(F)cc1)NCC1CCN(S(C)(=O)=O)CC1.I. The van der Waals surface area contributed by atoms with Crippen molar-refractivity contribution in [1.29, 1.82) is 0 Å². The van der Waals surface area contributed by atoms with Crippen LogP contribution in [0.25, 0.3) is 0 Å². The predicted octanol–water partition coefficient (Wildman–Crippen LogP) is 1.78. The van der Waals surface area contributed by atoms with Gasteiger partial charge < -0.3 is 10.6 Å². The molecule has 1 saturated heterocycles. The maximum Gasteiger partial charge on any atom is 0.211 e. The normalized spacial score (nSPS) is 17.0. The van der Waals surface area contributed by atoms with Crippen molar-refractivity contribution >= 4 is 40.0 Å². The first-order valence-corrected chi connectivity index (χ1v) is 9.87. The summed E-state index contributed by atoms with van der Waals surface area (Å²) < 4.78 is 37.4. The van der Waals surface area contributed by atoms with Gasteiger partial charge in [0.1, 0.15) is 5.82 Å². The molecular formula is C16H26FIN4O2S. The van der Waals surface area contributed by atoms with Crippen LogP contribution >= 0.6 is 24.0 Å². The Morgan fingerprint density at radius 3 is 2.36 bits per heavy atom. The largest absolute Gasteiger partial charge is 0.356 e. The number of hydrogen-bond acceptors (Lipinski definition) is 3. The molecule has 0 aromatic heterocycles. The van der Waals surface area contributed by atoms with E-state index in [0.29, 0.717) is 31.5 Å². The van der Waals surface area contributed by atoms with Crippen LogP contribution in [-0.4, -0.2) is 51.6 Å². The average Bonchev–Trinajstić information content (AvgIpc) is 2.56. The lowest BCUT2D eigenvalue weighted by atomic mass is 9.98. The maximum absolute atomic E-state index is 12.9. The Morgan fingerprint density at radius 1 is 1.24 bits per heavy atom. The third kappa shape index (κ3) is 7.45. The van der Waals surface area contributed by atoms with Gasteiger partial charge in [0.15, 0.2) is 5.96 Å². The van der Waals surface area contributed by atoms with Crippen LogP contribution in [0.3, 0.4) is 0 Å². The molecule has 0 amide bonds. The molecule has 9 heteroatoms. The van der Waals surface area contributed by atoms with E-state index in [9.17, 15) is 12.8 Å². The zero-order chi connectivity index (χ0) is 17.6. The third-order valence-corrected chi connectivity index (χ3v) is 5.50. The minimum Gasteiger partial charge on any atom is -0.356 e. The van der Waals surface area contributed by atoms with E-state index in [-0.39, 0.29) is 29.8 Å². The number of aliphatic imine (C=N–C) groups is 1. The summed E-state index contributed by atoms with van der Waals surface area (Å²) >= 11 is 0. The molecule has 0 spiro atoms. The van der Waals surface area contributed by atoms with Crippen molar-refractivity contribution in [3.8, 4) is 0 Å². The lowest BCUT2D eigenvalue weighted by Crippen LogP contribution is -2.43. The highest BCUT2D eigenvalue weighted by Crippen LogP contribution is 2.18. The average molecular weight is 484 g/mol. The first-order valence-electron chi connectivity index (χ1n) is 8.02. The zero-order valence-corrected chi connectivity index (χ0v) is 17.7. The molecule has 2 rings (SSSR count). The number of piperidine rings is 1. The number of guanidine groups is 1. The minimum atomic E-state index is -3.08. The number of rotatable bonds is 5. The van der Waals surface area contributed by atoms with Crippen LogP contribution in [0.4, 0.5) is 4.39 Å². The van der Waals surface area contributed by atoms with Gasteiger partial charge in [0.2, 0.25) is 10.0 Å². The number of benzene rings is 1. The third-order valence-electron chi connectivity index (χ3n) is 4.20. The summed E-state index contributed by atoms with van der Waals surface area (Å²) in [6.45, 7) is 2.47. The Bertz CT molecular complexity index is 659. The van der Waals surface area contributed by atoms with Crippen LogP contribution in [-0.2, 0) is 16.6 Å². The Labute approximate surface area is 166 Å². The van der Waals surface area contributed by atoms with Crippen LogP contribution in [0.2, 0.25) is 0 Å². The molecule has 1 aliphatic rings. The topological polar surface area (TPSA) is 73.8 Å². The van der Waals surface area contributed by atoms with Crippen LogP contribution in [0, 0.1) is 11.7 Å². The molecule has 0 atom stereocenters. The summed E-state index contributed by atoms with van der Waals surface area (Å²) in [5.41, 5.74) is 0.973. The lowest BCUT2D eigenvalue weighted by molar-refractivity contribution is 0.275. The van der Waals surface area contributed by atoms with Gasteiger partial charge in [0.05, 0.1) is 6.26 Å². The van der Waals surface area contributed by atoms with E-state index >= 15 is 0 Å². The van der Waals surface area contributed by atoms with Crippen LogP contribution in [0.15, 0.2) is 29.3 Å². The zero-order valence-electron chi connectivity index (χ0n) is 14.5. The lowest BCUT2D eigenvalue weighted by Gasteiger charge is -2.30. The summed E-state index contributed by atoms with van der Waals surface area (Å²) in [5, 5.41) is 6.46. The molecule has 0 bridgehead atoms. The van der Waals surface area contributed by atoms with Crippen molar-refractivity contribution in [2.45, 2.75) is 19.4 Å². The van der Waals surface area contributed by atoms with Crippen molar-refractivity contribution in [2.24, 2.45) is 10.9 Å². The van der Waals surface area contributed by atoms with Gasteiger partial charge in [-0.15, -0.1) is 24.0 Å². The number of sulfonamides is 1. The Morgan fingerprint density at radius 2 is 1.84 bits per heavy atom. The number of nitrogens with one attached hydrogen (secondary N) is 2. The maximum atomic E-state index is 12.9. The number of halogens is 2. The highest BCUT2D eigenvalue weighted by Gasteiger charge is 2.24. The number of nitrogens with zero attached hydrogens (tertiary/aromatic N) is 2. The Kier molecular flexibility index (Phi) is 9.08. The molecule has 0 aliphatic carbocycles. The summed E-state index contributed by atoms with van der Waals surface area (Å²) in [7, 11) is -1.38. The van der Waals surface area contributed by atoms with Gasteiger partial charge in [0, 0.05) is 33.2 Å². The van der Waals surface area contributed by atoms with Gasteiger partial charge in [-0.1, -0.05) is 12.1 Å². The molecule has 2 N–H and O–H groups in total. The Balaban J connectivity index is 0.00000312. The summed E-state index contributed by atoms with van der Waals surface area (Å²) in [5.74, 6) is 0.860. The van der Waals surface area contributed by atoms with E-state index in [1.54, 1.807) is 19.2 Å². The molecule has 1 aromatic rings. The van der Waals surface area contributed by atoms with E-state index in [0.717, 1.165) is 24.9 Å². The molecule has 142 valence electrons. The monoisotopic (exact) mass is 484 g/mol. The highest BCUT2D eigenvalue weighted by molar-refractivity contribution is 14.0. The molecule has 0 unspecified atom stereocenters. The molecule has 1 heterocycles. The number of hydrogen-bond donors (Lipinski definition) is 2. The smallest absolute Gasteiger partial charge is 0.211 e. The molecular weight excluding hydrogens is 458 g/mol. The second-order valence-corrected chi connectivity index (χ2v) is 8.02. The van der Waals surface area contributed by atoms with E-state index < -0.39 is 10.0 Å². The minimum absolute atomic E-state index is 0. The molecule has 6 nitrogen and oxygen atoms in total.